The number of imidazole rings is 1. The molecule has 0 aliphatic carbocycles. The Kier molecular flexibility index (Phi) is 8.81. The summed E-state index contributed by atoms with van der Waals surface area (Å²) in [5.41, 5.74) is 8.30. The van der Waals surface area contributed by atoms with Crippen molar-refractivity contribution in [2.24, 2.45) is 0 Å². The fourth-order valence-electron chi connectivity index (χ4n) is 4.69. The molecular formula is C22H39ClN5O4Si2. The molecule has 0 amide bonds. The maximum absolute atomic E-state index is 10.9. The van der Waals surface area contributed by atoms with Crippen LogP contribution in [-0.2, 0) is 13.3 Å². The lowest BCUT2D eigenvalue weighted by atomic mass is 10.2. The van der Waals surface area contributed by atoms with Gasteiger partial charge in [-0.25, -0.2) is 15.0 Å². The van der Waals surface area contributed by atoms with E-state index in [4.69, 9.17) is 30.6 Å². The normalized spacial score (nSPS) is 24.1. The number of hydrogen-bond acceptors (Lipinski definition) is 8. The van der Waals surface area contributed by atoms with Crippen LogP contribution in [0.15, 0.2) is 12.7 Å². The van der Waals surface area contributed by atoms with Crippen molar-refractivity contribution in [2.75, 3.05) is 12.3 Å². The Morgan fingerprint density at radius 3 is 2.29 bits per heavy atom. The molecule has 1 fully saturated rings. The summed E-state index contributed by atoms with van der Waals surface area (Å²) in [5, 5.41) is 10.2. The van der Waals surface area contributed by atoms with Crippen molar-refractivity contribution >= 4 is 46.2 Å². The van der Waals surface area contributed by atoms with Crippen LogP contribution < -0.4 is 5.73 Å². The minimum Gasteiger partial charge on any atom is -0.435 e. The predicted molar refractivity (Wildman–Crippen MR) is 138 cm³/mol. The van der Waals surface area contributed by atoms with Gasteiger partial charge in [-0.05, 0) is 22.2 Å². The summed E-state index contributed by atoms with van der Waals surface area (Å²) in [7, 11) is -3.74. The lowest BCUT2D eigenvalue weighted by molar-refractivity contribution is -0.0438. The molecule has 4 atom stereocenters. The third-order valence-electron chi connectivity index (χ3n) is 6.45. The van der Waals surface area contributed by atoms with E-state index in [1.54, 1.807) is 10.9 Å². The quantitative estimate of drug-likeness (QED) is 0.344. The first kappa shape index (κ1) is 27.5. The number of rotatable bonds is 10. The van der Waals surface area contributed by atoms with Crippen LogP contribution in [0.2, 0.25) is 22.2 Å². The van der Waals surface area contributed by atoms with E-state index in [9.17, 15) is 5.11 Å². The monoisotopic (exact) mass is 528 g/mol. The maximum Gasteiger partial charge on any atom is 0.333 e. The lowest BCUT2D eigenvalue weighted by Gasteiger charge is -2.42. The topological polar surface area (TPSA) is 118 Å². The van der Waals surface area contributed by atoms with Gasteiger partial charge in [0.05, 0.1) is 12.9 Å². The van der Waals surface area contributed by atoms with Crippen molar-refractivity contribution < 1.29 is 18.4 Å². The van der Waals surface area contributed by atoms with Crippen LogP contribution in [0.1, 0.15) is 61.6 Å². The minimum absolute atomic E-state index is 0.207. The van der Waals surface area contributed by atoms with Gasteiger partial charge in [0.25, 0.3) is 0 Å². The van der Waals surface area contributed by atoms with Gasteiger partial charge in [-0.1, -0.05) is 55.4 Å². The Morgan fingerprint density at radius 2 is 1.74 bits per heavy atom. The standard InChI is InChI=1S/C22H39ClN5O4Si2/c1-12(2)33(13(3)4)32-34(14(5)6,15(7)8)30-9-16-19(29)17(23)22(31-16)28-11-27-18-20(24)25-10-26-21(18)28/h10-17,19,22,29H,9H2,1-8H3,(H2,24,25,26)/t16-,17+,19?,22-/m1/s1. The van der Waals surface area contributed by atoms with Crippen LogP contribution >= 0.6 is 11.6 Å². The maximum atomic E-state index is 10.9. The summed E-state index contributed by atoms with van der Waals surface area (Å²) >= 11 is 6.63. The Labute approximate surface area is 210 Å². The number of nitrogens with two attached hydrogens (primary N) is 1. The summed E-state index contributed by atoms with van der Waals surface area (Å²) in [5.74, 6) is 0.281. The molecule has 3 N–H and O–H groups in total. The summed E-state index contributed by atoms with van der Waals surface area (Å²) < 4.78 is 21.6. The molecule has 12 heteroatoms. The molecule has 9 nitrogen and oxygen atoms in total. The van der Waals surface area contributed by atoms with E-state index in [1.807, 2.05) is 0 Å². The smallest absolute Gasteiger partial charge is 0.333 e. The zero-order valence-corrected chi connectivity index (χ0v) is 24.2. The largest absolute Gasteiger partial charge is 0.435 e. The molecule has 3 rings (SSSR count). The molecule has 1 radical (unpaired) electrons. The number of alkyl halides is 1. The highest BCUT2D eigenvalue weighted by molar-refractivity contribution is 6.78. The first-order valence-electron chi connectivity index (χ1n) is 12.0. The zero-order chi connectivity index (χ0) is 25.4. The summed E-state index contributed by atoms with van der Waals surface area (Å²) in [6.07, 6.45) is 0.748. The third-order valence-corrected chi connectivity index (χ3v) is 15.3. The molecule has 0 saturated carbocycles. The Morgan fingerprint density at radius 1 is 1.12 bits per heavy atom. The summed E-state index contributed by atoms with van der Waals surface area (Å²) in [4.78, 5) is 12.5. The van der Waals surface area contributed by atoms with E-state index in [0.29, 0.717) is 22.2 Å². The van der Waals surface area contributed by atoms with Gasteiger partial charge in [0.1, 0.15) is 29.4 Å². The Bertz CT molecular complexity index is 945. The molecule has 1 unspecified atom stereocenters. The van der Waals surface area contributed by atoms with Crippen molar-refractivity contribution in [2.45, 2.75) is 101 Å². The predicted octanol–water partition coefficient (Wildman–Crippen LogP) is 4.38. The summed E-state index contributed by atoms with van der Waals surface area (Å²) in [6, 6.07) is 0. The molecule has 1 saturated heterocycles. The summed E-state index contributed by atoms with van der Waals surface area (Å²) in [6.45, 7) is 17.8. The number of ether oxygens (including phenoxy) is 1. The van der Waals surface area contributed by atoms with Gasteiger partial charge in [0.2, 0.25) is 9.04 Å². The highest BCUT2D eigenvalue weighted by Gasteiger charge is 2.50. The van der Waals surface area contributed by atoms with Crippen LogP contribution in [-0.4, -0.2) is 66.4 Å². The fraction of sp³-hybridized carbons (Fsp3) is 0.773. The number of anilines is 1. The lowest BCUT2D eigenvalue weighted by Crippen LogP contribution is -2.54. The van der Waals surface area contributed by atoms with Gasteiger partial charge in [-0.15, -0.1) is 11.6 Å². The van der Waals surface area contributed by atoms with Gasteiger partial charge >= 0.3 is 8.56 Å². The van der Waals surface area contributed by atoms with Crippen LogP contribution in [0, 0.1) is 0 Å². The van der Waals surface area contributed by atoms with Gasteiger partial charge in [0.15, 0.2) is 17.7 Å². The van der Waals surface area contributed by atoms with Crippen molar-refractivity contribution in [1.29, 1.82) is 0 Å². The van der Waals surface area contributed by atoms with E-state index >= 15 is 0 Å². The second kappa shape index (κ2) is 10.9. The number of hydrogen-bond donors (Lipinski definition) is 2. The molecular weight excluding hydrogens is 490 g/mol. The van der Waals surface area contributed by atoms with E-state index in [0.717, 1.165) is 0 Å². The minimum atomic E-state index is -2.64. The van der Waals surface area contributed by atoms with E-state index < -0.39 is 41.4 Å². The van der Waals surface area contributed by atoms with Crippen molar-refractivity contribution in [1.82, 2.24) is 19.5 Å². The average molecular weight is 529 g/mol. The first-order valence-corrected chi connectivity index (χ1v) is 16.0. The molecule has 0 aromatic carbocycles. The van der Waals surface area contributed by atoms with Crippen LogP contribution in [0.25, 0.3) is 11.2 Å². The zero-order valence-electron chi connectivity index (χ0n) is 21.4. The van der Waals surface area contributed by atoms with Crippen LogP contribution in [0.5, 0.6) is 0 Å². The molecule has 3 heterocycles. The second-order valence-corrected chi connectivity index (χ2v) is 18.7. The highest BCUT2D eigenvalue weighted by Crippen LogP contribution is 2.40. The number of halogens is 1. The molecule has 2 aromatic heterocycles. The number of fused-ring (bicyclic) bond motifs is 1. The Balaban J connectivity index is 1.82. The average Bonchev–Trinajstić information content (AvgIpc) is 3.30. The molecule has 1 aliphatic rings. The second-order valence-electron chi connectivity index (χ2n) is 10.2. The van der Waals surface area contributed by atoms with E-state index in [1.165, 1.54) is 6.33 Å². The molecule has 0 spiro atoms. The van der Waals surface area contributed by atoms with Crippen molar-refractivity contribution in [3.63, 3.8) is 0 Å². The van der Waals surface area contributed by atoms with Crippen molar-refractivity contribution in [3.8, 4) is 0 Å². The van der Waals surface area contributed by atoms with Gasteiger partial charge in [-0.3, -0.25) is 4.57 Å². The molecule has 2 aromatic rings. The van der Waals surface area contributed by atoms with Gasteiger partial charge in [-0.2, -0.15) is 0 Å². The third kappa shape index (κ3) is 5.20. The van der Waals surface area contributed by atoms with Gasteiger partial charge in [0, 0.05) is 0 Å². The number of aliphatic hydroxyl groups is 1. The van der Waals surface area contributed by atoms with E-state index in [2.05, 4.69) is 70.3 Å². The molecule has 1 aliphatic heterocycles. The van der Waals surface area contributed by atoms with Crippen LogP contribution in [0.3, 0.4) is 0 Å². The molecule has 34 heavy (non-hydrogen) atoms. The van der Waals surface area contributed by atoms with Crippen molar-refractivity contribution in [3.05, 3.63) is 12.7 Å². The Hall–Kier alpha value is -1.09. The number of nitrogen functional groups attached to an aromatic ring is 1. The molecule has 0 bridgehead atoms. The number of aliphatic hydroxyl groups excluding tert-OH is 1. The fourth-order valence-corrected chi connectivity index (χ4v) is 14.3. The number of nitrogens with zero attached hydrogens (tertiary/aromatic N) is 4. The SMILES string of the molecule is CC(C)[Si](O[Si](OC[C@H]1O[C@@H](n2cnc3c(N)ncnc32)[C@@H](Cl)C1O)(C(C)C)C(C)C)C(C)C. The molecule has 191 valence electrons. The number of aromatic nitrogens is 4. The first-order chi connectivity index (χ1) is 15.9. The highest BCUT2D eigenvalue weighted by atomic mass is 35.5. The van der Waals surface area contributed by atoms with Crippen LogP contribution in [0.4, 0.5) is 5.82 Å². The van der Waals surface area contributed by atoms with E-state index in [-0.39, 0.29) is 23.5 Å². The van der Waals surface area contributed by atoms with Gasteiger partial charge < -0.3 is 24.1 Å².